The minimum absolute atomic E-state index is 0.308. The quantitative estimate of drug-likeness (QED) is 0.708. The first-order valence-corrected chi connectivity index (χ1v) is 6.29. The molecule has 2 saturated carbocycles. The molecule has 2 rings (SSSR count). The van der Waals surface area contributed by atoms with Gasteiger partial charge in [0.15, 0.2) is 0 Å². The molecule has 0 bridgehead atoms. The highest BCUT2D eigenvalue weighted by atomic mass is 16.5. The van der Waals surface area contributed by atoms with Crippen LogP contribution in [0, 0.1) is 0 Å². The van der Waals surface area contributed by atoms with Gasteiger partial charge in [0.1, 0.15) is 5.54 Å². The Morgan fingerprint density at radius 3 is 2.50 bits per heavy atom. The summed E-state index contributed by atoms with van der Waals surface area (Å²) in [4.78, 5) is 11.5. The van der Waals surface area contributed by atoms with Crippen LogP contribution in [0.3, 0.4) is 0 Å². The van der Waals surface area contributed by atoms with Crippen LogP contribution in [0.2, 0.25) is 0 Å². The summed E-state index contributed by atoms with van der Waals surface area (Å²) in [6.45, 7) is 2.26. The maximum Gasteiger partial charge on any atom is 0.239 e. The largest absolute Gasteiger partial charge is 0.376 e. The van der Waals surface area contributed by atoms with E-state index in [-0.39, 0.29) is 5.91 Å². The summed E-state index contributed by atoms with van der Waals surface area (Å²) < 4.78 is 5.79. The van der Waals surface area contributed by atoms with Crippen LogP contribution < -0.4 is 11.1 Å². The molecule has 0 saturated heterocycles. The predicted molar refractivity (Wildman–Crippen MR) is 62.0 cm³/mol. The number of nitrogens with one attached hydrogen (secondary N) is 1. The normalized spacial score (nSPS) is 25.6. The van der Waals surface area contributed by atoms with Gasteiger partial charge < -0.3 is 10.5 Å². The van der Waals surface area contributed by atoms with E-state index in [9.17, 15) is 4.79 Å². The lowest BCUT2D eigenvalue weighted by Crippen LogP contribution is -2.57. The molecule has 1 unspecified atom stereocenters. The van der Waals surface area contributed by atoms with Crippen LogP contribution in [0.4, 0.5) is 0 Å². The van der Waals surface area contributed by atoms with Crippen LogP contribution in [0.1, 0.15) is 45.4 Å². The number of carbonyl (C=O) groups is 1. The van der Waals surface area contributed by atoms with E-state index in [0.717, 1.165) is 25.7 Å². The smallest absolute Gasteiger partial charge is 0.239 e. The Balaban J connectivity index is 1.82. The van der Waals surface area contributed by atoms with E-state index >= 15 is 0 Å². The van der Waals surface area contributed by atoms with E-state index in [4.69, 9.17) is 10.5 Å². The first kappa shape index (κ1) is 11.9. The predicted octanol–water partition coefficient (Wildman–Crippen LogP) is 0.942. The molecule has 16 heavy (non-hydrogen) atoms. The zero-order valence-corrected chi connectivity index (χ0v) is 10.00. The van der Waals surface area contributed by atoms with Gasteiger partial charge in [-0.05, 0) is 32.6 Å². The van der Waals surface area contributed by atoms with Crippen LogP contribution in [0.5, 0.6) is 0 Å². The van der Waals surface area contributed by atoms with Crippen molar-refractivity contribution < 1.29 is 9.53 Å². The summed E-state index contributed by atoms with van der Waals surface area (Å²) in [6.07, 6.45) is 7.36. The molecular formula is C12H22N2O2. The van der Waals surface area contributed by atoms with Crippen molar-refractivity contribution in [2.45, 2.75) is 63.1 Å². The monoisotopic (exact) mass is 226 g/mol. The highest BCUT2D eigenvalue weighted by Gasteiger charge is 2.38. The molecule has 0 aromatic heterocycles. The van der Waals surface area contributed by atoms with Crippen molar-refractivity contribution in [2.75, 3.05) is 6.61 Å². The van der Waals surface area contributed by atoms with E-state index in [1.807, 2.05) is 6.92 Å². The van der Waals surface area contributed by atoms with E-state index in [2.05, 4.69) is 5.32 Å². The summed E-state index contributed by atoms with van der Waals surface area (Å²) in [6, 6.07) is 0.463. The SMILES string of the molecule is CC(COC1CCCC1)(NC1CC1)C(N)=O. The number of rotatable bonds is 6. The fourth-order valence-electron chi connectivity index (χ4n) is 2.20. The molecule has 2 aliphatic carbocycles. The molecular weight excluding hydrogens is 204 g/mol. The second kappa shape index (κ2) is 4.72. The Morgan fingerprint density at radius 1 is 1.38 bits per heavy atom. The van der Waals surface area contributed by atoms with Gasteiger partial charge in [-0.1, -0.05) is 12.8 Å². The third-order valence-electron chi connectivity index (χ3n) is 3.55. The van der Waals surface area contributed by atoms with Gasteiger partial charge in [-0.15, -0.1) is 0 Å². The Hall–Kier alpha value is -0.610. The van der Waals surface area contributed by atoms with Gasteiger partial charge in [-0.25, -0.2) is 0 Å². The van der Waals surface area contributed by atoms with Crippen LogP contribution in [0.15, 0.2) is 0 Å². The molecule has 0 spiro atoms. The fraction of sp³-hybridized carbons (Fsp3) is 0.917. The van der Waals surface area contributed by atoms with Crippen LogP contribution in [-0.4, -0.2) is 30.2 Å². The molecule has 2 fully saturated rings. The Kier molecular flexibility index (Phi) is 3.50. The maximum atomic E-state index is 11.5. The van der Waals surface area contributed by atoms with E-state index in [1.54, 1.807) is 0 Å². The zero-order chi connectivity index (χ0) is 11.6. The summed E-state index contributed by atoms with van der Waals surface area (Å²) in [7, 11) is 0. The highest BCUT2D eigenvalue weighted by molar-refractivity contribution is 5.84. The summed E-state index contributed by atoms with van der Waals surface area (Å²) in [5, 5.41) is 3.29. The highest BCUT2D eigenvalue weighted by Crippen LogP contribution is 2.25. The van der Waals surface area contributed by atoms with Gasteiger partial charge in [0.25, 0.3) is 0 Å². The van der Waals surface area contributed by atoms with Crippen molar-refractivity contribution in [1.29, 1.82) is 0 Å². The average Bonchev–Trinajstić information content (AvgIpc) is 2.89. The fourth-order valence-corrected chi connectivity index (χ4v) is 2.20. The number of amides is 1. The molecule has 0 heterocycles. The van der Waals surface area contributed by atoms with Gasteiger partial charge >= 0.3 is 0 Å². The number of carbonyl (C=O) groups excluding carboxylic acids is 1. The van der Waals surface area contributed by atoms with E-state index in [0.29, 0.717) is 18.8 Å². The molecule has 0 radical (unpaired) electrons. The van der Waals surface area contributed by atoms with Gasteiger partial charge in [0.05, 0.1) is 12.7 Å². The molecule has 4 heteroatoms. The van der Waals surface area contributed by atoms with Crippen molar-refractivity contribution in [3.63, 3.8) is 0 Å². The number of hydrogen-bond acceptors (Lipinski definition) is 3. The number of ether oxygens (including phenoxy) is 1. The topological polar surface area (TPSA) is 64.3 Å². The first-order valence-electron chi connectivity index (χ1n) is 6.29. The standard InChI is InChI=1S/C12H22N2O2/c1-12(11(13)15,14-9-6-7-9)8-16-10-4-2-3-5-10/h9-10,14H,2-8H2,1H3,(H2,13,15). The second-order valence-electron chi connectivity index (χ2n) is 5.33. The minimum atomic E-state index is -0.691. The minimum Gasteiger partial charge on any atom is -0.376 e. The van der Waals surface area contributed by atoms with Gasteiger partial charge in [-0.2, -0.15) is 0 Å². The second-order valence-corrected chi connectivity index (χ2v) is 5.33. The molecule has 4 nitrogen and oxygen atoms in total. The number of nitrogens with two attached hydrogens (primary N) is 1. The first-order chi connectivity index (χ1) is 7.60. The number of hydrogen-bond donors (Lipinski definition) is 2. The summed E-state index contributed by atoms with van der Waals surface area (Å²) in [5.74, 6) is -0.308. The Bertz CT molecular complexity index is 260. The third kappa shape index (κ3) is 2.95. The summed E-state index contributed by atoms with van der Waals surface area (Å²) in [5.41, 5.74) is 4.76. The summed E-state index contributed by atoms with van der Waals surface area (Å²) >= 11 is 0. The van der Waals surface area contributed by atoms with Crippen LogP contribution >= 0.6 is 0 Å². The molecule has 92 valence electrons. The van der Waals surface area contributed by atoms with Crippen LogP contribution in [0.25, 0.3) is 0 Å². The average molecular weight is 226 g/mol. The van der Waals surface area contributed by atoms with Gasteiger partial charge in [0, 0.05) is 6.04 Å². The molecule has 3 N–H and O–H groups in total. The van der Waals surface area contributed by atoms with E-state index in [1.165, 1.54) is 12.8 Å². The molecule has 0 aromatic carbocycles. The molecule has 1 atom stereocenters. The van der Waals surface area contributed by atoms with Gasteiger partial charge in [0.2, 0.25) is 5.91 Å². The molecule has 0 aromatic rings. The molecule has 2 aliphatic rings. The number of primary amides is 1. The van der Waals surface area contributed by atoms with Crippen molar-refractivity contribution in [2.24, 2.45) is 5.73 Å². The van der Waals surface area contributed by atoms with Crippen molar-refractivity contribution in [3.05, 3.63) is 0 Å². The van der Waals surface area contributed by atoms with Gasteiger partial charge in [-0.3, -0.25) is 10.1 Å². The van der Waals surface area contributed by atoms with Crippen LogP contribution in [-0.2, 0) is 9.53 Å². The maximum absolute atomic E-state index is 11.5. The lowest BCUT2D eigenvalue weighted by Gasteiger charge is -2.28. The lowest BCUT2D eigenvalue weighted by molar-refractivity contribution is -0.127. The molecule has 0 aliphatic heterocycles. The van der Waals surface area contributed by atoms with Crippen molar-refractivity contribution in [3.8, 4) is 0 Å². The van der Waals surface area contributed by atoms with Crippen molar-refractivity contribution in [1.82, 2.24) is 5.32 Å². The third-order valence-corrected chi connectivity index (χ3v) is 3.55. The Labute approximate surface area is 96.9 Å². The van der Waals surface area contributed by atoms with Crippen molar-refractivity contribution >= 4 is 5.91 Å². The Morgan fingerprint density at radius 2 is 2.00 bits per heavy atom. The van der Waals surface area contributed by atoms with E-state index < -0.39 is 5.54 Å². The molecule has 1 amide bonds. The lowest BCUT2D eigenvalue weighted by atomic mass is 10.0. The zero-order valence-electron chi connectivity index (χ0n) is 10.00.